The molecule has 0 radical (unpaired) electrons. The van der Waals surface area contributed by atoms with E-state index in [1.807, 2.05) is 6.08 Å². The van der Waals surface area contributed by atoms with E-state index in [0.717, 1.165) is 38.5 Å². The van der Waals surface area contributed by atoms with Gasteiger partial charge in [-0.05, 0) is 56.3 Å². The van der Waals surface area contributed by atoms with E-state index in [9.17, 15) is 9.59 Å². The standard InChI is InChI=1S/C23H34O4/c1-7-21(3)14-16-9-10-18-22(4,17(16)13-19(21)27-15(2)24)11-8-12-23(18,5)20(25)26-6/h7,9,17-19H,1,8,10-14H2,2-6H3. The van der Waals surface area contributed by atoms with Crippen molar-refractivity contribution in [3.05, 3.63) is 24.3 Å². The monoisotopic (exact) mass is 374 g/mol. The summed E-state index contributed by atoms with van der Waals surface area (Å²) in [6, 6.07) is 0. The average Bonchev–Trinajstić information content (AvgIpc) is 2.61. The molecular weight excluding hydrogens is 340 g/mol. The Balaban J connectivity index is 2.00. The second-order valence-corrected chi connectivity index (χ2v) is 9.61. The van der Waals surface area contributed by atoms with E-state index in [4.69, 9.17) is 9.47 Å². The van der Waals surface area contributed by atoms with E-state index in [1.165, 1.54) is 19.6 Å². The minimum Gasteiger partial charge on any atom is -0.469 e. The summed E-state index contributed by atoms with van der Waals surface area (Å²) < 4.78 is 11.0. The molecule has 0 heterocycles. The molecule has 4 heteroatoms. The van der Waals surface area contributed by atoms with Gasteiger partial charge in [-0.1, -0.05) is 38.0 Å². The van der Waals surface area contributed by atoms with Gasteiger partial charge in [-0.15, -0.1) is 6.58 Å². The third-order valence-corrected chi connectivity index (χ3v) is 8.03. The van der Waals surface area contributed by atoms with Crippen LogP contribution < -0.4 is 0 Å². The number of fused-ring (bicyclic) bond motifs is 3. The van der Waals surface area contributed by atoms with E-state index >= 15 is 0 Å². The molecule has 0 aromatic rings. The number of carbonyl (C=O) groups excluding carboxylic acids is 2. The van der Waals surface area contributed by atoms with Gasteiger partial charge < -0.3 is 9.47 Å². The number of methoxy groups -OCH3 is 1. The maximum absolute atomic E-state index is 12.7. The highest BCUT2D eigenvalue weighted by molar-refractivity contribution is 5.77. The predicted octanol–water partition coefficient (Wildman–Crippen LogP) is 4.84. The first kappa shape index (κ1) is 20.2. The van der Waals surface area contributed by atoms with Crippen LogP contribution >= 0.6 is 0 Å². The molecular formula is C23H34O4. The predicted molar refractivity (Wildman–Crippen MR) is 105 cm³/mol. The van der Waals surface area contributed by atoms with E-state index in [-0.39, 0.29) is 34.8 Å². The van der Waals surface area contributed by atoms with Crippen molar-refractivity contribution in [2.24, 2.45) is 28.1 Å². The number of allylic oxidation sites excluding steroid dienone is 2. The average molecular weight is 375 g/mol. The molecule has 0 bridgehead atoms. The number of ether oxygens (including phenoxy) is 2. The van der Waals surface area contributed by atoms with Crippen molar-refractivity contribution in [3.63, 3.8) is 0 Å². The highest BCUT2D eigenvalue weighted by Gasteiger charge is 2.60. The van der Waals surface area contributed by atoms with Crippen LogP contribution in [0.1, 0.15) is 66.2 Å². The minimum atomic E-state index is -0.445. The summed E-state index contributed by atoms with van der Waals surface area (Å²) >= 11 is 0. The third kappa shape index (κ3) is 3.05. The van der Waals surface area contributed by atoms with Crippen LogP contribution in [0, 0.1) is 28.1 Å². The molecule has 3 aliphatic rings. The van der Waals surface area contributed by atoms with Crippen LogP contribution in [0.5, 0.6) is 0 Å². The Morgan fingerprint density at radius 1 is 1.26 bits per heavy atom. The third-order valence-electron chi connectivity index (χ3n) is 8.03. The molecule has 0 spiro atoms. The lowest BCUT2D eigenvalue weighted by Gasteiger charge is -2.59. The summed E-state index contributed by atoms with van der Waals surface area (Å²) in [7, 11) is 1.50. The van der Waals surface area contributed by atoms with E-state index in [0.29, 0.717) is 5.92 Å². The van der Waals surface area contributed by atoms with Crippen molar-refractivity contribution in [1.29, 1.82) is 0 Å². The molecule has 3 rings (SSSR count). The van der Waals surface area contributed by atoms with Gasteiger partial charge in [0.25, 0.3) is 0 Å². The molecule has 0 saturated heterocycles. The molecule has 0 N–H and O–H groups in total. The van der Waals surface area contributed by atoms with Gasteiger partial charge in [-0.25, -0.2) is 0 Å². The van der Waals surface area contributed by atoms with Crippen molar-refractivity contribution in [2.45, 2.75) is 72.3 Å². The van der Waals surface area contributed by atoms with E-state index in [1.54, 1.807) is 0 Å². The summed E-state index contributed by atoms with van der Waals surface area (Å²) in [5.74, 6) is 0.267. The zero-order chi connectivity index (χ0) is 20.0. The molecule has 150 valence electrons. The summed E-state index contributed by atoms with van der Waals surface area (Å²) in [6.07, 6.45) is 9.74. The van der Waals surface area contributed by atoms with Crippen molar-refractivity contribution < 1.29 is 19.1 Å². The van der Waals surface area contributed by atoms with Gasteiger partial charge in [-0.3, -0.25) is 9.59 Å². The van der Waals surface area contributed by atoms with Crippen molar-refractivity contribution in [3.8, 4) is 0 Å². The number of rotatable bonds is 3. The Bertz CT molecular complexity index is 680. The molecule has 0 aromatic carbocycles. The van der Waals surface area contributed by atoms with Crippen LogP contribution in [0.3, 0.4) is 0 Å². The molecule has 4 nitrogen and oxygen atoms in total. The topological polar surface area (TPSA) is 52.6 Å². The first-order valence-corrected chi connectivity index (χ1v) is 10.2. The summed E-state index contributed by atoms with van der Waals surface area (Å²) in [5, 5.41) is 0. The minimum absolute atomic E-state index is 0.0200. The summed E-state index contributed by atoms with van der Waals surface area (Å²) in [5.41, 5.74) is 0.789. The highest BCUT2D eigenvalue weighted by Crippen LogP contribution is 2.64. The van der Waals surface area contributed by atoms with Crippen LogP contribution in [0.15, 0.2) is 24.3 Å². The Kier molecular flexibility index (Phi) is 5.07. The lowest BCUT2D eigenvalue weighted by Crippen LogP contribution is -2.56. The van der Waals surface area contributed by atoms with E-state index in [2.05, 4.69) is 33.4 Å². The molecule has 6 unspecified atom stereocenters. The number of esters is 2. The van der Waals surface area contributed by atoms with Gasteiger partial charge in [0, 0.05) is 12.3 Å². The maximum Gasteiger partial charge on any atom is 0.311 e. The van der Waals surface area contributed by atoms with Crippen molar-refractivity contribution in [1.82, 2.24) is 0 Å². The van der Waals surface area contributed by atoms with Crippen LogP contribution in [0.4, 0.5) is 0 Å². The molecule has 0 amide bonds. The first-order valence-electron chi connectivity index (χ1n) is 10.2. The van der Waals surface area contributed by atoms with E-state index < -0.39 is 5.41 Å². The Morgan fingerprint density at radius 2 is 1.96 bits per heavy atom. The first-order chi connectivity index (χ1) is 12.6. The summed E-state index contributed by atoms with van der Waals surface area (Å²) in [6.45, 7) is 12.1. The fourth-order valence-electron chi connectivity index (χ4n) is 6.41. The Morgan fingerprint density at radius 3 is 2.56 bits per heavy atom. The van der Waals surface area contributed by atoms with Gasteiger partial charge in [-0.2, -0.15) is 0 Å². The fraction of sp³-hybridized carbons (Fsp3) is 0.739. The van der Waals surface area contributed by atoms with Crippen LogP contribution in [0.25, 0.3) is 0 Å². The van der Waals surface area contributed by atoms with Crippen LogP contribution in [-0.4, -0.2) is 25.2 Å². The number of hydrogen-bond donors (Lipinski definition) is 0. The second-order valence-electron chi connectivity index (χ2n) is 9.61. The smallest absolute Gasteiger partial charge is 0.311 e. The fourth-order valence-corrected chi connectivity index (χ4v) is 6.41. The lowest BCUT2D eigenvalue weighted by atomic mass is 9.45. The Hall–Kier alpha value is -1.58. The van der Waals surface area contributed by atoms with Crippen molar-refractivity contribution in [2.75, 3.05) is 7.11 Å². The van der Waals surface area contributed by atoms with Gasteiger partial charge >= 0.3 is 11.9 Å². The van der Waals surface area contributed by atoms with Crippen LogP contribution in [-0.2, 0) is 19.1 Å². The Labute approximate surface area is 163 Å². The highest BCUT2D eigenvalue weighted by atomic mass is 16.5. The molecule has 0 aliphatic heterocycles. The second kappa shape index (κ2) is 6.79. The molecule has 27 heavy (non-hydrogen) atoms. The van der Waals surface area contributed by atoms with Gasteiger partial charge in [0.05, 0.1) is 12.5 Å². The number of carbonyl (C=O) groups is 2. The quantitative estimate of drug-likeness (QED) is 0.524. The number of hydrogen-bond acceptors (Lipinski definition) is 4. The zero-order valence-corrected chi connectivity index (χ0v) is 17.5. The molecule has 3 aliphatic carbocycles. The largest absolute Gasteiger partial charge is 0.469 e. The van der Waals surface area contributed by atoms with Gasteiger partial charge in [0.1, 0.15) is 6.10 Å². The van der Waals surface area contributed by atoms with Crippen LogP contribution in [0.2, 0.25) is 0 Å². The van der Waals surface area contributed by atoms with Crippen molar-refractivity contribution >= 4 is 11.9 Å². The lowest BCUT2D eigenvalue weighted by molar-refractivity contribution is -0.170. The molecule has 2 saturated carbocycles. The van der Waals surface area contributed by atoms with Gasteiger partial charge in [0.15, 0.2) is 0 Å². The van der Waals surface area contributed by atoms with Gasteiger partial charge in [0.2, 0.25) is 0 Å². The maximum atomic E-state index is 12.7. The summed E-state index contributed by atoms with van der Waals surface area (Å²) in [4.78, 5) is 24.4. The normalized spacial score (nSPS) is 43.6. The molecule has 0 aromatic heterocycles. The SMILES string of the molecule is C=CC1(C)CC2=CCC3C(C)(C(=O)OC)CCCC3(C)C2CC1OC(C)=O. The molecule has 2 fully saturated rings. The molecule has 6 atom stereocenters. The zero-order valence-electron chi connectivity index (χ0n) is 17.5.